The van der Waals surface area contributed by atoms with E-state index in [1.807, 2.05) is 31.2 Å². The number of aryl methyl sites for hydroxylation is 1. The minimum Gasteiger partial charge on any atom is -0.273 e. The van der Waals surface area contributed by atoms with E-state index < -0.39 is 10.8 Å². The van der Waals surface area contributed by atoms with Gasteiger partial charge in [-0.2, -0.15) is 5.10 Å². The van der Waals surface area contributed by atoms with E-state index in [1.165, 1.54) is 24.4 Å². The van der Waals surface area contributed by atoms with Gasteiger partial charge in [0.2, 0.25) is 5.91 Å². The summed E-state index contributed by atoms with van der Waals surface area (Å²) in [7, 11) is 0. The largest absolute Gasteiger partial charge is 0.273 e. The summed E-state index contributed by atoms with van der Waals surface area (Å²) in [6.07, 6.45) is 1.39. The van der Waals surface area contributed by atoms with Crippen molar-refractivity contribution in [3.63, 3.8) is 0 Å². The molecule has 0 aliphatic carbocycles. The Morgan fingerprint density at radius 1 is 1.30 bits per heavy atom. The number of nitrogens with one attached hydrogen (secondary N) is 1. The molecule has 0 aliphatic heterocycles. The fourth-order valence-corrected chi connectivity index (χ4v) is 2.73. The lowest BCUT2D eigenvalue weighted by Gasteiger charge is -2.03. The number of non-ortho nitro benzene ring substituents is 1. The zero-order valence-corrected chi connectivity index (χ0v) is 15.1. The van der Waals surface area contributed by atoms with Gasteiger partial charge in [-0.3, -0.25) is 14.9 Å². The lowest BCUT2D eigenvalue weighted by molar-refractivity contribution is -0.384. The maximum atomic E-state index is 12.0. The number of carbonyl (C=O) groups is 1. The third kappa shape index (κ3) is 4.65. The molecule has 8 heteroatoms. The molecule has 0 bridgehead atoms. The number of pyridine rings is 1. The van der Waals surface area contributed by atoms with Crippen molar-refractivity contribution in [2.24, 2.45) is 5.10 Å². The third-order valence-electron chi connectivity index (χ3n) is 3.83. The maximum absolute atomic E-state index is 12.0. The molecule has 0 unspecified atom stereocenters. The summed E-state index contributed by atoms with van der Waals surface area (Å²) in [6.45, 7) is 1.97. The monoisotopic (exact) mass is 382 g/mol. The van der Waals surface area contributed by atoms with Gasteiger partial charge in [0.05, 0.1) is 23.1 Å². The number of carbonyl (C=O) groups excluding carboxylic acids is 1. The summed E-state index contributed by atoms with van der Waals surface area (Å²) in [5, 5.41) is 15.9. The Bertz CT molecular complexity index is 1070. The van der Waals surface area contributed by atoms with Crippen LogP contribution in [0.25, 0.3) is 10.9 Å². The molecule has 27 heavy (non-hydrogen) atoms. The van der Waals surface area contributed by atoms with E-state index in [4.69, 9.17) is 11.6 Å². The van der Waals surface area contributed by atoms with E-state index in [0.717, 1.165) is 16.5 Å². The second-order valence-electron chi connectivity index (χ2n) is 5.96. The Morgan fingerprint density at radius 2 is 2.11 bits per heavy atom. The van der Waals surface area contributed by atoms with Crippen LogP contribution in [0.5, 0.6) is 0 Å². The Hall–Kier alpha value is -3.32. The number of nitro groups is 1. The molecule has 2 aromatic carbocycles. The predicted molar refractivity (Wildman–Crippen MR) is 104 cm³/mol. The summed E-state index contributed by atoms with van der Waals surface area (Å²) in [5.74, 6) is -0.396. The van der Waals surface area contributed by atoms with Crippen LogP contribution in [0.15, 0.2) is 53.6 Å². The quantitative estimate of drug-likeness (QED) is 0.314. The first-order chi connectivity index (χ1) is 12.9. The van der Waals surface area contributed by atoms with Gasteiger partial charge in [0.25, 0.3) is 5.69 Å². The normalized spacial score (nSPS) is 11.0. The molecule has 0 atom stereocenters. The Labute approximate surface area is 159 Å². The topological polar surface area (TPSA) is 97.5 Å². The first-order valence-electron chi connectivity index (χ1n) is 8.04. The van der Waals surface area contributed by atoms with Crippen LogP contribution in [0.1, 0.15) is 16.7 Å². The van der Waals surface area contributed by atoms with Gasteiger partial charge in [0.1, 0.15) is 5.15 Å². The van der Waals surface area contributed by atoms with Crippen molar-refractivity contribution in [2.75, 3.05) is 0 Å². The number of hydrazone groups is 1. The van der Waals surface area contributed by atoms with Crippen LogP contribution in [-0.4, -0.2) is 22.0 Å². The molecule has 3 aromatic rings. The van der Waals surface area contributed by atoms with Crippen molar-refractivity contribution < 1.29 is 9.72 Å². The van der Waals surface area contributed by atoms with Crippen LogP contribution in [-0.2, 0) is 11.2 Å². The number of benzene rings is 2. The van der Waals surface area contributed by atoms with Crippen LogP contribution < -0.4 is 5.43 Å². The van der Waals surface area contributed by atoms with Crippen molar-refractivity contribution in [1.82, 2.24) is 10.4 Å². The molecule has 1 amide bonds. The van der Waals surface area contributed by atoms with E-state index in [9.17, 15) is 14.9 Å². The number of fused-ring (bicyclic) bond motifs is 1. The van der Waals surface area contributed by atoms with Crippen LogP contribution in [0.4, 0.5) is 5.69 Å². The fraction of sp³-hybridized carbons (Fsp3) is 0.105. The average Bonchev–Trinajstić information content (AvgIpc) is 2.62. The molecule has 1 N–H and O–H groups in total. The first kappa shape index (κ1) is 18.5. The highest BCUT2D eigenvalue weighted by Crippen LogP contribution is 2.20. The van der Waals surface area contributed by atoms with Gasteiger partial charge in [0.15, 0.2) is 0 Å². The number of amides is 1. The number of nitrogens with zero attached hydrogens (tertiary/aromatic N) is 3. The lowest BCUT2D eigenvalue weighted by atomic mass is 10.1. The second kappa shape index (κ2) is 7.92. The number of nitro benzene ring substituents is 1. The molecular weight excluding hydrogens is 368 g/mol. The molecular formula is C19H15ClN4O3. The Balaban J connectivity index is 1.68. The highest BCUT2D eigenvalue weighted by atomic mass is 35.5. The average molecular weight is 383 g/mol. The number of aromatic nitrogens is 1. The van der Waals surface area contributed by atoms with Gasteiger partial charge in [0, 0.05) is 23.1 Å². The molecule has 0 fully saturated rings. The highest BCUT2D eigenvalue weighted by Gasteiger charge is 2.09. The summed E-state index contributed by atoms with van der Waals surface area (Å²) >= 11 is 6.17. The molecule has 7 nitrogen and oxygen atoms in total. The minimum atomic E-state index is -0.504. The molecule has 0 saturated carbocycles. The highest BCUT2D eigenvalue weighted by molar-refractivity contribution is 6.32. The molecule has 136 valence electrons. The van der Waals surface area contributed by atoms with Gasteiger partial charge in [-0.05, 0) is 30.2 Å². The van der Waals surface area contributed by atoms with Crippen molar-refractivity contribution >= 4 is 40.3 Å². The molecule has 1 heterocycles. The van der Waals surface area contributed by atoms with E-state index in [2.05, 4.69) is 15.5 Å². The first-order valence-corrected chi connectivity index (χ1v) is 8.42. The molecule has 0 radical (unpaired) electrons. The zero-order valence-electron chi connectivity index (χ0n) is 14.3. The number of hydrogen-bond acceptors (Lipinski definition) is 5. The van der Waals surface area contributed by atoms with E-state index in [-0.39, 0.29) is 17.3 Å². The number of rotatable bonds is 5. The SMILES string of the molecule is Cc1ccc2cc(/C=N/NC(=O)Cc3cccc([N+](=O)[O-])c3)c(Cl)nc2c1. The third-order valence-corrected chi connectivity index (χ3v) is 4.14. The summed E-state index contributed by atoms with van der Waals surface area (Å²) in [6, 6.07) is 13.6. The Kier molecular flexibility index (Phi) is 5.42. The lowest BCUT2D eigenvalue weighted by Crippen LogP contribution is -2.19. The van der Waals surface area contributed by atoms with Gasteiger partial charge in [-0.1, -0.05) is 35.9 Å². The van der Waals surface area contributed by atoms with E-state index in [1.54, 1.807) is 6.07 Å². The Morgan fingerprint density at radius 3 is 2.89 bits per heavy atom. The maximum Gasteiger partial charge on any atom is 0.269 e. The van der Waals surface area contributed by atoms with Crippen molar-refractivity contribution in [2.45, 2.75) is 13.3 Å². The standard InChI is InChI=1S/C19H15ClN4O3/c1-12-5-6-14-10-15(19(20)22-17(14)7-12)11-21-23-18(25)9-13-3-2-4-16(8-13)24(26)27/h2-8,10-11H,9H2,1H3,(H,23,25)/b21-11+. The predicted octanol–water partition coefficient (Wildman–Crippen LogP) is 3.80. The number of halogens is 1. The van der Waals surface area contributed by atoms with E-state index >= 15 is 0 Å². The van der Waals surface area contributed by atoms with Crippen LogP contribution in [0, 0.1) is 17.0 Å². The van der Waals surface area contributed by atoms with Crippen molar-refractivity contribution in [3.8, 4) is 0 Å². The molecule has 0 saturated heterocycles. The molecule has 0 spiro atoms. The number of hydrogen-bond donors (Lipinski definition) is 1. The fourth-order valence-electron chi connectivity index (χ4n) is 2.54. The smallest absolute Gasteiger partial charge is 0.269 e. The summed E-state index contributed by atoms with van der Waals surface area (Å²) in [4.78, 5) is 26.6. The molecule has 1 aromatic heterocycles. The van der Waals surface area contributed by atoms with E-state index in [0.29, 0.717) is 11.1 Å². The summed E-state index contributed by atoms with van der Waals surface area (Å²) < 4.78 is 0. The minimum absolute atomic E-state index is 0.0258. The molecule has 3 rings (SSSR count). The van der Waals surface area contributed by atoms with Crippen LogP contribution in [0.3, 0.4) is 0 Å². The van der Waals surface area contributed by atoms with Crippen molar-refractivity contribution in [1.29, 1.82) is 0 Å². The van der Waals surface area contributed by atoms with Crippen LogP contribution >= 0.6 is 11.6 Å². The van der Waals surface area contributed by atoms with Gasteiger partial charge in [-0.25, -0.2) is 10.4 Å². The molecule has 0 aliphatic rings. The van der Waals surface area contributed by atoms with Gasteiger partial charge >= 0.3 is 0 Å². The zero-order chi connectivity index (χ0) is 19.4. The second-order valence-corrected chi connectivity index (χ2v) is 6.32. The van der Waals surface area contributed by atoms with Gasteiger partial charge < -0.3 is 0 Å². The summed E-state index contributed by atoms with van der Waals surface area (Å²) in [5.41, 5.74) is 5.29. The van der Waals surface area contributed by atoms with Crippen molar-refractivity contribution in [3.05, 3.63) is 80.5 Å². The van der Waals surface area contributed by atoms with Crippen LogP contribution in [0.2, 0.25) is 5.15 Å². The van der Waals surface area contributed by atoms with Gasteiger partial charge in [-0.15, -0.1) is 0 Å².